The molecule has 112 valence electrons. The lowest BCUT2D eigenvalue weighted by Crippen LogP contribution is -2.14. The molecule has 0 radical (unpaired) electrons. The van der Waals surface area contributed by atoms with Gasteiger partial charge in [0.05, 0.1) is 13.0 Å². The van der Waals surface area contributed by atoms with Crippen LogP contribution in [0.1, 0.15) is 17.0 Å². The van der Waals surface area contributed by atoms with Crippen molar-refractivity contribution >= 4 is 10.9 Å². The number of fused-ring (bicyclic) bond motifs is 1. The summed E-state index contributed by atoms with van der Waals surface area (Å²) >= 11 is 0. The van der Waals surface area contributed by atoms with Gasteiger partial charge >= 0.3 is 0 Å². The maximum Gasteiger partial charge on any atom is 0.214 e. The van der Waals surface area contributed by atoms with Gasteiger partial charge in [0.2, 0.25) is 6.54 Å². The molecule has 1 N–H and O–H groups in total. The summed E-state index contributed by atoms with van der Waals surface area (Å²) in [5.74, 6) is 0.307. The molecular weight excluding hydrogens is 280 g/mol. The van der Waals surface area contributed by atoms with E-state index in [1.807, 2.05) is 54.7 Å². The molecule has 5 heteroatoms. The number of ether oxygens (including phenoxy) is 1. The van der Waals surface area contributed by atoms with E-state index in [4.69, 9.17) is 4.74 Å². The number of rotatable bonds is 5. The first-order chi connectivity index (χ1) is 10.7. The first-order valence-corrected chi connectivity index (χ1v) is 7.01. The molecule has 1 atom stereocenters. The van der Waals surface area contributed by atoms with Crippen LogP contribution in [-0.4, -0.2) is 23.6 Å². The number of aromatic amines is 1. The average molecular weight is 296 g/mol. The highest BCUT2D eigenvalue weighted by Crippen LogP contribution is 2.35. The van der Waals surface area contributed by atoms with Crippen LogP contribution in [-0.2, 0) is 0 Å². The van der Waals surface area contributed by atoms with E-state index in [9.17, 15) is 10.1 Å². The van der Waals surface area contributed by atoms with Crippen molar-refractivity contribution in [1.29, 1.82) is 0 Å². The first-order valence-electron chi connectivity index (χ1n) is 7.01. The van der Waals surface area contributed by atoms with Crippen molar-refractivity contribution in [1.82, 2.24) is 4.98 Å². The number of nitrogens with one attached hydrogen (secondary N) is 1. The number of hydrogen-bond acceptors (Lipinski definition) is 3. The topological polar surface area (TPSA) is 68.2 Å². The third kappa shape index (κ3) is 2.53. The SMILES string of the molecule is COc1ccccc1[C@@H](C[N+](=O)[O-])c1c[nH]c2ccccc12. The minimum absolute atomic E-state index is 0.178. The number of hydrogen-bond donors (Lipinski definition) is 1. The summed E-state index contributed by atoms with van der Waals surface area (Å²) in [7, 11) is 1.58. The summed E-state index contributed by atoms with van der Waals surface area (Å²) in [5, 5.41) is 12.2. The maximum absolute atomic E-state index is 11.2. The molecule has 3 aromatic rings. The van der Waals surface area contributed by atoms with Gasteiger partial charge in [-0.25, -0.2) is 0 Å². The second-order valence-corrected chi connectivity index (χ2v) is 5.10. The molecule has 0 saturated heterocycles. The van der Waals surface area contributed by atoms with Gasteiger partial charge < -0.3 is 9.72 Å². The number of benzene rings is 2. The summed E-state index contributed by atoms with van der Waals surface area (Å²) in [6, 6.07) is 15.3. The fourth-order valence-electron chi connectivity index (χ4n) is 2.85. The van der Waals surface area contributed by atoms with E-state index in [1.165, 1.54) is 0 Å². The zero-order valence-electron chi connectivity index (χ0n) is 12.2. The van der Waals surface area contributed by atoms with Crippen LogP contribution in [0.4, 0.5) is 0 Å². The number of methoxy groups -OCH3 is 1. The highest BCUT2D eigenvalue weighted by molar-refractivity contribution is 5.84. The minimum Gasteiger partial charge on any atom is -0.496 e. The van der Waals surface area contributed by atoms with E-state index in [0.717, 1.165) is 22.0 Å². The highest BCUT2D eigenvalue weighted by atomic mass is 16.6. The number of aromatic nitrogens is 1. The number of para-hydroxylation sites is 2. The van der Waals surface area contributed by atoms with E-state index < -0.39 is 0 Å². The van der Waals surface area contributed by atoms with Gasteiger partial charge in [-0.2, -0.15) is 0 Å². The summed E-state index contributed by atoms with van der Waals surface area (Å²) in [6.07, 6.45) is 1.85. The van der Waals surface area contributed by atoms with Gasteiger partial charge in [0, 0.05) is 27.6 Å². The summed E-state index contributed by atoms with van der Waals surface area (Å²) in [4.78, 5) is 14.1. The van der Waals surface area contributed by atoms with Gasteiger partial charge in [0.1, 0.15) is 5.75 Å². The molecule has 0 spiro atoms. The molecule has 0 fully saturated rings. The van der Waals surface area contributed by atoms with Gasteiger partial charge in [-0.1, -0.05) is 36.4 Å². The Morgan fingerprint density at radius 3 is 2.64 bits per heavy atom. The van der Waals surface area contributed by atoms with Crippen molar-refractivity contribution in [2.45, 2.75) is 5.92 Å². The van der Waals surface area contributed by atoms with E-state index in [2.05, 4.69) is 4.98 Å². The molecular formula is C17H16N2O3. The summed E-state index contributed by atoms with van der Waals surface area (Å²) in [6.45, 7) is -0.178. The molecule has 0 aliphatic carbocycles. The average Bonchev–Trinajstić information content (AvgIpc) is 2.96. The summed E-state index contributed by atoms with van der Waals surface area (Å²) in [5.41, 5.74) is 2.71. The smallest absolute Gasteiger partial charge is 0.214 e. The fraction of sp³-hybridized carbons (Fsp3) is 0.176. The predicted octanol–water partition coefficient (Wildman–Crippen LogP) is 3.59. The van der Waals surface area contributed by atoms with Crippen molar-refractivity contribution in [3.8, 4) is 5.75 Å². The largest absolute Gasteiger partial charge is 0.496 e. The third-order valence-corrected chi connectivity index (χ3v) is 3.84. The van der Waals surface area contributed by atoms with Crippen LogP contribution in [0.2, 0.25) is 0 Å². The van der Waals surface area contributed by atoms with Crippen molar-refractivity contribution < 1.29 is 9.66 Å². The highest BCUT2D eigenvalue weighted by Gasteiger charge is 2.25. The first kappa shape index (κ1) is 14.1. The van der Waals surface area contributed by atoms with Crippen LogP contribution >= 0.6 is 0 Å². The summed E-state index contributed by atoms with van der Waals surface area (Å²) < 4.78 is 5.39. The second-order valence-electron chi connectivity index (χ2n) is 5.10. The molecule has 1 aromatic heterocycles. The third-order valence-electron chi connectivity index (χ3n) is 3.84. The van der Waals surface area contributed by atoms with Crippen LogP contribution in [0, 0.1) is 10.1 Å². The Kier molecular flexibility index (Phi) is 3.78. The Labute approximate surface area is 127 Å². The lowest BCUT2D eigenvalue weighted by atomic mass is 9.90. The number of H-pyrrole nitrogens is 1. The van der Waals surface area contributed by atoms with E-state index in [-0.39, 0.29) is 17.4 Å². The molecule has 22 heavy (non-hydrogen) atoms. The van der Waals surface area contributed by atoms with E-state index in [1.54, 1.807) is 7.11 Å². The molecule has 5 nitrogen and oxygen atoms in total. The predicted molar refractivity (Wildman–Crippen MR) is 85.0 cm³/mol. The van der Waals surface area contributed by atoms with Crippen molar-refractivity contribution in [3.05, 3.63) is 76.0 Å². The number of nitrogens with zero attached hydrogens (tertiary/aromatic N) is 1. The normalized spacial score (nSPS) is 12.2. The monoisotopic (exact) mass is 296 g/mol. The minimum atomic E-state index is -0.359. The van der Waals surface area contributed by atoms with Gasteiger partial charge in [0.25, 0.3) is 0 Å². The molecule has 0 aliphatic rings. The molecule has 0 bridgehead atoms. The zero-order chi connectivity index (χ0) is 15.5. The maximum atomic E-state index is 11.2. The standard InChI is InChI=1S/C17H16N2O3/c1-22-17-9-5-3-7-13(17)15(11-19(20)21)14-10-18-16-8-4-2-6-12(14)16/h2-10,15,18H,11H2,1H3/t15-/m1/s1. The Morgan fingerprint density at radius 2 is 1.86 bits per heavy atom. The second kappa shape index (κ2) is 5.89. The quantitative estimate of drug-likeness (QED) is 0.578. The van der Waals surface area contributed by atoms with Gasteiger partial charge in [-0.05, 0) is 17.7 Å². The Hall–Kier alpha value is -2.82. The Morgan fingerprint density at radius 1 is 1.14 bits per heavy atom. The Balaban J connectivity index is 2.16. The van der Waals surface area contributed by atoms with Crippen LogP contribution in [0.15, 0.2) is 54.7 Å². The van der Waals surface area contributed by atoms with Crippen LogP contribution in [0.25, 0.3) is 10.9 Å². The Bertz CT molecular complexity index is 810. The molecule has 0 saturated carbocycles. The van der Waals surface area contributed by atoms with Crippen LogP contribution in [0.3, 0.4) is 0 Å². The molecule has 1 heterocycles. The van der Waals surface area contributed by atoms with Gasteiger partial charge in [-0.15, -0.1) is 0 Å². The molecule has 0 amide bonds. The molecule has 0 unspecified atom stereocenters. The van der Waals surface area contributed by atoms with Crippen LogP contribution in [0.5, 0.6) is 5.75 Å². The van der Waals surface area contributed by atoms with Crippen molar-refractivity contribution in [2.75, 3.05) is 13.7 Å². The van der Waals surface area contributed by atoms with Crippen molar-refractivity contribution in [2.24, 2.45) is 0 Å². The van der Waals surface area contributed by atoms with Gasteiger partial charge in [0.15, 0.2) is 0 Å². The molecule has 2 aromatic carbocycles. The zero-order valence-corrected chi connectivity index (χ0v) is 12.2. The van der Waals surface area contributed by atoms with Gasteiger partial charge in [-0.3, -0.25) is 10.1 Å². The lowest BCUT2D eigenvalue weighted by Gasteiger charge is -2.16. The van der Waals surface area contributed by atoms with Crippen LogP contribution < -0.4 is 4.74 Å². The van der Waals surface area contributed by atoms with Crippen molar-refractivity contribution in [3.63, 3.8) is 0 Å². The molecule has 3 rings (SSSR count). The molecule has 0 aliphatic heterocycles. The van der Waals surface area contributed by atoms with E-state index in [0.29, 0.717) is 5.75 Å². The lowest BCUT2D eigenvalue weighted by molar-refractivity contribution is -0.481. The van der Waals surface area contributed by atoms with E-state index >= 15 is 0 Å². The fourth-order valence-corrected chi connectivity index (χ4v) is 2.85. The number of nitro groups is 1.